The minimum atomic E-state index is -4.99. The molecule has 0 saturated heterocycles. The normalized spacial score (nSPS) is 10.9. The highest BCUT2D eigenvalue weighted by Gasteiger charge is 2.42. The summed E-state index contributed by atoms with van der Waals surface area (Å²) in [4.78, 5) is 21.9. The van der Waals surface area contributed by atoms with E-state index in [4.69, 9.17) is 11.6 Å². The molecule has 0 rings (SSSR count). The molecule has 0 saturated carbocycles. The van der Waals surface area contributed by atoms with E-state index in [0.29, 0.717) is 4.90 Å². The number of hydrogen-bond donors (Lipinski definition) is 0. The van der Waals surface area contributed by atoms with Crippen LogP contribution in [0, 0.1) is 0 Å². The first-order valence-electron chi connectivity index (χ1n) is 3.87. The van der Waals surface area contributed by atoms with Crippen molar-refractivity contribution in [2.45, 2.75) is 6.18 Å². The summed E-state index contributed by atoms with van der Waals surface area (Å²) < 4.78 is 36.0. The second-order valence-corrected chi connectivity index (χ2v) is 2.91. The van der Waals surface area contributed by atoms with E-state index < -0.39 is 30.3 Å². The summed E-state index contributed by atoms with van der Waals surface area (Å²) in [6.07, 6.45) is -3.89. The molecule has 15 heavy (non-hydrogen) atoms. The molecule has 0 spiro atoms. The van der Waals surface area contributed by atoms with E-state index >= 15 is 0 Å². The fourth-order valence-corrected chi connectivity index (χ4v) is 0.894. The lowest BCUT2D eigenvalue weighted by Gasteiger charge is -2.20. The van der Waals surface area contributed by atoms with Crippen molar-refractivity contribution >= 4 is 23.3 Å². The zero-order valence-electron chi connectivity index (χ0n) is 7.68. The van der Waals surface area contributed by atoms with Gasteiger partial charge in [0.1, 0.15) is 0 Å². The maximum absolute atomic E-state index is 12.0. The monoisotopic (exact) mass is 243 g/mol. The Morgan fingerprint density at radius 3 is 2.27 bits per heavy atom. The van der Waals surface area contributed by atoms with Crippen molar-refractivity contribution in [1.29, 1.82) is 0 Å². The average Bonchev–Trinajstić information content (AvgIpc) is 2.14. The summed E-state index contributed by atoms with van der Waals surface area (Å²) >= 11 is 5.12. The number of amides is 1. The van der Waals surface area contributed by atoms with Crippen LogP contribution in [0.3, 0.4) is 0 Å². The van der Waals surface area contributed by atoms with Crippen LogP contribution < -0.4 is 0 Å². The Morgan fingerprint density at radius 2 is 1.93 bits per heavy atom. The number of halogens is 4. The van der Waals surface area contributed by atoms with Gasteiger partial charge in [-0.2, -0.15) is 13.2 Å². The fourth-order valence-electron chi connectivity index (χ4n) is 0.810. The van der Waals surface area contributed by atoms with Gasteiger partial charge in [-0.25, -0.2) is 0 Å². The Balaban J connectivity index is 4.59. The molecule has 0 unspecified atom stereocenters. The molecule has 0 heterocycles. The van der Waals surface area contributed by atoms with Crippen molar-refractivity contribution in [3.05, 3.63) is 12.7 Å². The van der Waals surface area contributed by atoms with Gasteiger partial charge in [-0.05, 0) is 0 Å². The quantitative estimate of drug-likeness (QED) is 0.540. The summed E-state index contributed by atoms with van der Waals surface area (Å²) in [5.41, 5.74) is 0. The zero-order chi connectivity index (χ0) is 12.1. The third kappa shape index (κ3) is 4.83. The molecule has 0 aromatic rings. The minimum absolute atomic E-state index is 0.345. The second-order valence-electron chi connectivity index (χ2n) is 2.64. The van der Waals surface area contributed by atoms with E-state index in [-0.39, 0.29) is 6.54 Å². The summed E-state index contributed by atoms with van der Waals surface area (Å²) in [7, 11) is 0. The van der Waals surface area contributed by atoms with Crippen LogP contribution in [0.15, 0.2) is 12.7 Å². The highest BCUT2D eigenvalue weighted by molar-refractivity contribution is 6.28. The number of carbonyl (C=O) groups excluding carboxylic acids is 2. The molecule has 0 aliphatic carbocycles. The van der Waals surface area contributed by atoms with Crippen molar-refractivity contribution in [1.82, 2.24) is 4.90 Å². The highest BCUT2D eigenvalue weighted by atomic mass is 35.5. The van der Waals surface area contributed by atoms with Gasteiger partial charge in [0.05, 0.1) is 12.4 Å². The number of hydrogen-bond acceptors (Lipinski definition) is 2. The van der Waals surface area contributed by atoms with Crippen LogP contribution in [0.5, 0.6) is 0 Å². The Bertz CT molecular complexity index is 265. The number of nitrogens with zero attached hydrogens (tertiary/aromatic N) is 1. The molecular weight excluding hydrogens is 235 g/mol. The zero-order valence-corrected chi connectivity index (χ0v) is 8.44. The predicted octanol–water partition coefficient (Wildman–Crippen LogP) is 1.37. The van der Waals surface area contributed by atoms with Crippen LogP contribution in [0.2, 0.25) is 0 Å². The lowest BCUT2D eigenvalue weighted by molar-refractivity contribution is -0.185. The fraction of sp³-hybridized carbons (Fsp3) is 0.500. The summed E-state index contributed by atoms with van der Waals surface area (Å²) in [6, 6.07) is 0. The molecule has 86 valence electrons. The molecule has 0 atom stereocenters. The van der Waals surface area contributed by atoms with Crippen LogP contribution in [0.4, 0.5) is 13.2 Å². The highest BCUT2D eigenvalue weighted by Crippen LogP contribution is 2.18. The molecule has 1 amide bonds. The first-order chi connectivity index (χ1) is 6.82. The van der Waals surface area contributed by atoms with Gasteiger partial charge in [-0.1, -0.05) is 6.08 Å². The summed E-state index contributed by atoms with van der Waals surface area (Å²) in [6.45, 7) is 2.19. The topological polar surface area (TPSA) is 37.4 Å². The molecule has 0 aliphatic heterocycles. The van der Waals surface area contributed by atoms with Gasteiger partial charge < -0.3 is 4.90 Å². The number of carbonyl (C=O) groups is 2. The first-order valence-corrected chi connectivity index (χ1v) is 4.41. The number of ketones is 1. The Hall–Kier alpha value is -1.04. The smallest absolute Gasteiger partial charge is 0.324 e. The van der Waals surface area contributed by atoms with Gasteiger partial charge in [-0.15, -0.1) is 18.2 Å². The molecule has 0 radical (unpaired) electrons. The van der Waals surface area contributed by atoms with E-state index in [1.54, 1.807) is 0 Å². The van der Waals surface area contributed by atoms with E-state index in [9.17, 15) is 22.8 Å². The number of rotatable bonds is 5. The molecule has 0 aliphatic rings. The molecule has 0 aromatic heterocycles. The molecule has 0 N–H and O–H groups in total. The second kappa shape index (κ2) is 5.75. The van der Waals surface area contributed by atoms with Crippen LogP contribution in [0.1, 0.15) is 0 Å². The summed E-state index contributed by atoms with van der Waals surface area (Å²) in [5.74, 6) is -3.16. The molecule has 3 nitrogen and oxygen atoms in total. The molecule has 7 heteroatoms. The van der Waals surface area contributed by atoms with Gasteiger partial charge in [0.2, 0.25) is 0 Å². The van der Waals surface area contributed by atoms with Gasteiger partial charge in [0.25, 0.3) is 0 Å². The van der Waals surface area contributed by atoms with E-state index in [1.807, 2.05) is 0 Å². The lowest BCUT2D eigenvalue weighted by Crippen LogP contribution is -2.44. The number of alkyl halides is 4. The Morgan fingerprint density at radius 1 is 1.40 bits per heavy atom. The van der Waals surface area contributed by atoms with Crippen molar-refractivity contribution in [2.75, 3.05) is 19.0 Å². The summed E-state index contributed by atoms with van der Waals surface area (Å²) in [5, 5.41) is 0. The Labute approximate surface area is 89.5 Å². The molecule has 0 bridgehead atoms. The Kier molecular flexibility index (Phi) is 5.35. The van der Waals surface area contributed by atoms with Gasteiger partial charge in [0, 0.05) is 6.54 Å². The molecular formula is C8H9ClF3NO2. The first kappa shape index (κ1) is 14.0. The third-order valence-electron chi connectivity index (χ3n) is 1.40. The van der Waals surface area contributed by atoms with Crippen molar-refractivity contribution in [3.63, 3.8) is 0 Å². The SMILES string of the molecule is C=CCN(CC(=O)CCl)C(=O)C(F)(F)F. The average molecular weight is 244 g/mol. The van der Waals surface area contributed by atoms with Crippen LogP contribution in [-0.2, 0) is 9.59 Å². The van der Waals surface area contributed by atoms with Gasteiger partial charge >= 0.3 is 12.1 Å². The van der Waals surface area contributed by atoms with Crippen LogP contribution >= 0.6 is 11.6 Å². The molecule has 0 aromatic carbocycles. The van der Waals surface area contributed by atoms with Crippen molar-refractivity contribution in [2.24, 2.45) is 0 Å². The standard InChI is InChI=1S/C8H9ClF3NO2/c1-2-3-13(5-6(14)4-9)7(15)8(10,11)12/h2H,1,3-5H2. The maximum atomic E-state index is 12.0. The van der Waals surface area contributed by atoms with E-state index in [0.717, 1.165) is 6.08 Å². The minimum Gasteiger partial charge on any atom is -0.324 e. The number of Topliss-reactive ketones (excluding diaryl/α,β-unsaturated/α-hetero) is 1. The largest absolute Gasteiger partial charge is 0.471 e. The van der Waals surface area contributed by atoms with Gasteiger partial charge in [-0.3, -0.25) is 9.59 Å². The van der Waals surface area contributed by atoms with E-state index in [1.165, 1.54) is 0 Å². The lowest BCUT2D eigenvalue weighted by atomic mass is 10.3. The van der Waals surface area contributed by atoms with Gasteiger partial charge in [0.15, 0.2) is 5.78 Å². The van der Waals surface area contributed by atoms with Crippen molar-refractivity contribution in [3.8, 4) is 0 Å². The third-order valence-corrected chi connectivity index (χ3v) is 1.69. The van der Waals surface area contributed by atoms with E-state index in [2.05, 4.69) is 6.58 Å². The van der Waals surface area contributed by atoms with Crippen LogP contribution in [0.25, 0.3) is 0 Å². The van der Waals surface area contributed by atoms with Crippen LogP contribution in [-0.4, -0.2) is 41.7 Å². The maximum Gasteiger partial charge on any atom is 0.471 e. The predicted molar refractivity (Wildman–Crippen MR) is 48.6 cm³/mol. The molecule has 0 fully saturated rings. The van der Waals surface area contributed by atoms with Crippen molar-refractivity contribution < 1.29 is 22.8 Å².